The van der Waals surface area contributed by atoms with E-state index < -0.39 is 0 Å². The summed E-state index contributed by atoms with van der Waals surface area (Å²) in [5.74, 6) is 0. The van der Waals surface area contributed by atoms with Gasteiger partial charge in [-0.25, -0.2) is 0 Å². The quantitative estimate of drug-likeness (QED) is 0.893. The highest BCUT2D eigenvalue weighted by Gasteiger charge is 2.13. The lowest BCUT2D eigenvalue weighted by Gasteiger charge is -2.15. The van der Waals surface area contributed by atoms with E-state index in [0.29, 0.717) is 0 Å². The van der Waals surface area contributed by atoms with Gasteiger partial charge in [-0.15, -0.1) is 0 Å². The first-order valence-electron chi connectivity index (χ1n) is 5.65. The van der Waals surface area contributed by atoms with Crippen molar-refractivity contribution in [2.24, 2.45) is 0 Å². The molecule has 0 fully saturated rings. The van der Waals surface area contributed by atoms with E-state index in [-0.39, 0.29) is 6.04 Å². The Hall–Kier alpha value is -1.25. The monoisotopic (exact) mass is 249 g/mol. The molecule has 2 rings (SSSR count). The molecule has 0 aliphatic carbocycles. The third kappa shape index (κ3) is 2.90. The van der Waals surface area contributed by atoms with Crippen LogP contribution in [0, 0.1) is 6.92 Å². The first-order valence-corrected chi connectivity index (χ1v) is 6.03. The normalized spacial score (nSPS) is 12.6. The first kappa shape index (κ1) is 12.2. The van der Waals surface area contributed by atoms with Gasteiger partial charge in [-0.05, 0) is 43.7 Å². The second kappa shape index (κ2) is 5.39. The maximum Gasteiger partial charge on any atom is 0.0950 e. The molecule has 0 saturated heterocycles. The SMILES string of the molecule is CNC(Cc1ccc(C)cc1Cl)c1ccoc1. The summed E-state index contributed by atoms with van der Waals surface area (Å²) >= 11 is 6.24. The summed E-state index contributed by atoms with van der Waals surface area (Å²) in [6, 6.07) is 8.38. The van der Waals surface area contributed by atoms with Crippen molar-refractivity contribution in [3.63, 3.8) is 0 Å². The topological polar surface area (TPSA) is 25.2 Å². The molecule has 1 aromatic heterocycles. The maximum absolute atomic E-state index is 6.24. The molecule has 0 bridgehead atoms. The first-order chi connectivity index (χ1) is 8.20. The average molecular weight is 250 g/mol. The van der Waals surface area contributed by atoms with Gasteiger partial charge >= 0.3 is 0 Å². The molecule has 1 N–H and O–H groups in total. The molecule has 0 aliphatic heterocycles. The van der Waals surface area contributed by atoms with Gasteiger partial charge in [-0.2, -0.15) is 0 Å². The molecule has 0 amide bonds. The van der Waals surface area contributed by atoms with Crippen molar-refractivity contribution in [2.75, 3.05) is 7.05 Å². The van der Waals surface area contributed by atoms with Crippen molar-refractivity contribution in [1.29, 1.82) is 0 Å². The molecule has 2 aromatic rings. The Balaban J connectivity index is 2.19. The third-order valence-corrected chi connectivity index (χ3v) is 3.28. The number of furan rings is 1. The highest BCUT2D eigenvalue weighted by Crippen LogP contribution is 2.24. The lowest BCUT2D eigenvalue weighted by Crippen LogP contribution is -2.18. The molecule has 17 heavy (non-hydrogen) atoms. The van der Waals surface area contributed by atoms with Crippen LogP contribution in [-0.2, 0) is 6.42 Å². The van der Waals surface area contributed by atoms with Gasteiger partial charge < -0.3 is 9.73 Å². The summed E-state index contributed by atoms with van der Waals surface area (Å²) in [7, 11) is 1.94. The molecular formula is C14H16ClNO. The zero-order chi connectivity index (χ0) is 12.3. The Labute approximate surface area is 107 Å². The Kier molecular flexibility index (Phi) is 3.87. The van der Waals surface area contributed by atoms with Crippen LogP contribution in [-0.4, -0.2) is 7.05 Å². The van der Waals surface area contributed by atoms with E-state index in [1.807, 2.05) is 26.1 Å². The predicted octanol–water partition coefficient (Wildman–Crippen LogP) is 3.74. The van der Waals surface area contributed by atoms with Crippen LogP contribution in [0.25, 0.3) is 0 Å². The number of benzene rings is 1. The zero-order valence-corrected chi connectivity index (χ0v) is 10.8. The Morgan fingerprint density at radius 1 is 1.35 bits per heavy atom. The van der Waals surface area contributed by atoms with Gasteiger partial charge in [0, 0.05) is 16.6 Å². The van der Waals surface area contributed by atoms with Crippen molar-refractivity contribution in [2.45, 2.75) is 19.4 Å². The highest BCUT2D eigenvalue weighted by molar-refractivity contribution is 6.31. The van der Waals surface area contributed by atoms with Crippen molar-refractivity contribution in [3.8, 4) is 0 Å². The summed E-state index contributed by atoms with van der Waals surface area (Å²) in [5.41, 5.74) is 3.48. The lowest BCUT2D eigenvalue weighted by molar-refractivity contribution is 0.542. The van der Waals surface area contributed by atoms with Gasteiger partial charge in [0.1, 0.15) is 0 Å². The summed E-state index contributed by atoms with van der Waals surface area (Å²) in [6.45, 7) is 2.04. The average Bonchev–Trinajstić information content (AvgIpc) is 2.81. The van der Waals surface area contributed by atoms with E-state index >= 15 is 0 Å². The van der Waals surface area contributed by atoms with Crippen LogP contribution in [0.1, 0.15) is 22.7 Å². The molecule has 1 heterocycles. The van der Waals surface area contributed by atoms with Crippen molar-refractivity contribution >= 4 is 11.6 Å². The Morgan fingerprint density at radius 2 is 2.18 bits per heavy atom. The standard InChI is InChI=1S/C14H16ClNO/c1-10-3-4-11(13(15)7-10)8-14(16-2)12-5-6-17-9-12/h3-7,9,14,16H,8H2,1-2H3. The minimum atomic E-state index is 0.231. The van der Waals surface area contributed by atoms with Gasteiger partial charge in [-0.3, -0.25) is 0 Å². The zero-order valence-electron chi connectivity index (χ0n) is 10.0. The number of hydrogen-bond acceptors (Lipinski definition) is 2. The minimum absolute atomic E-state index is 0.231. The largest absolute Gasteiger partial charge is 0.472 e. The smallest absolute Gasteiger partial charge is 0.0950 e. The molecule has 90 valence electrons. The highest BCUT2D eigenvalue weighted by atomic mass is 35.5. The molecular weight excluding hydrogens is 234 g/mol. The number of nitrogens with one attached hydrogen (secondary N) is 1. The molecule has 2 nitrogen and oxygen atoms in total. The fourth-order valence-corrected chi connectivity index (χ4v) is 2.21. The Morgan fingerprint density at radius 3 is 2.76 bits per heavy atom. The second-order valence-corrected chi connectivity index (χ2v) is 4.60. The Bertz CT molecular complexity index is 479. The molecule has 1 aromatic carbocycles. The van der Waals surface area contributed by atoms with Crippen LogP contribution < -0.4 is 5.32 Å². The summed E-state index contributed by atoms with van der Waals surface area (Å²) in [4.78, 5) is 0. The lowest BCUT2D eigenvalue weighted by atomic mass is 10.0. The molecule has 0 saturated carbocycles. The predicted molar refractivity (Wildman–Crippen MR) is 70.4 cm³/mol. The second-order valence-electron chi connectivity index (χ2n) is 4.20. The summed E-state index contributed by atoms with van der Waals surface area (Å²) in [6.07, 6.45) is 4.31. The summed E-state index contributed by atoms with van der Waals surface area (Å²) < 4.78 is 5.11. The van der Waals surface area contributed by atoms with E-state index in [4.69, 9.17) is 16.0 Å². The van der Waals surface area contributed by atoms with E-state index in [1.165, 1.54) is 5.56 Å². The van der Waals surface area contributed by atoms with Crippen molar-refractivity contribution < 1.29 is 4.42 Å². The fraction of sp³-hybridized carbons (Fsp3) is 0.286. The summed E-state index contributed by atoms with van der Waals surface area (Å²) in [5, 5.41) is 4.10. The molecule has 1 atom stereocenters. The molecule has 3 heteroatoms. The number of hydrogen-bond donors (Lipinski definition) is 1. The van der Waals surface area contributed by atoms with Crippen LogP contribution in [0.4, 0.5) is 0 Å². The number of halogens is 1. The van der Waals surface area contributed by atoms with Crippen LogP contribution in [0.3, 0.4) is 0 Å². The molecule has 1 unspecified atom stereocenters. The maximum atomic E-state index is 6.24. The minimum Gasteiger partial charge on any atom is -0.472 e. The van der Waals surface area contributed by atoms with E-state index in [9.17, 15) is 0 Å². The van der Waals surface area contributed by atoms with Gasteiger partial charge in [0.15, 0.2) is 0 Å². The van der Waals surface area contributed by atoms with E-state index in [1.54, 1.807) is 12.5 Å². The van der Waals surface area contributed by atoms with E-state index in [0.717, 1.165) is 22.6 Å². The number of aryl methyl sites for hydroxylation is 1. The number of rotatable bonds is 4. The fourth-order valence-electron chi connectivity index (χ4n) is 1.90. The molecule has 0 aliphatic rings. The van der Waals surface area contributed by atoms with Crippen molar-refractivity contribution in [1.82, 2.24) is 5.32 Å². The third-order valence-electron chi connectivity index (χ3n) is 2.93. The van der Waals surface area contributed by atoms with E-state index in [2.05, 4.69) is 17.4 Å². The number of likely N-dealkylation sites (N-methyl/N-ethyl adjacent to an activating group) is 1. The van der Waals surface area contributed by atoms with Gasteiger partial charge in [-0.1, -0.05) is 23.7 Å². The van der Waals surface area contributed by atoms with Crippen LogP contribution in [0.15, 0.2) is 41.2 Å². The van der Waals surface area contributed by atoms with Crippen LogP contribution >= 0.6 is 11.6 Å². The van der Waals surface area contributed by atoms with Gasteiger partial charge in [0.2, 0.25) is 0 Å². The molecule has 0 spiro atoms. The van der Waals surface area contributed by atoms with Crippen LogP contribution in [0.5, 0.6) is 0 Å². The van der Waals surface area contributed by atoms with Gasteiger partial charge in [0.05, 0.1) is 12.5 Å². The van der Waals surface area contributed by atoms with Gasteiger partial charge in [0.25, 0.3) is 0 Å². The van der Waals surface area contributed by atoms with Crippen LogP contribution in [0.2, 0.25) is 5.02 Å². The van der Waals surface area contributed by atoms with Crippen molar-refractivity contribution in [3.05, 3.63) is 58.5 Å². The molecule has 0 radical (unpaired) electrons.